The largest absolute Gasteiger partial charge is 0.504 e. The molecule has 0 unspecified atom stereocenters. The van der Waals surface area contributed by atoms with Crippen molar-refractivity contribution in [3.63, 3.8) is 0 Å². The zero-order valence-corrected chi connectivity index (χ0v) is 8.29. The highest BCUT2D eigenvalue weighted by atomic mass is 16.5. The molecule has 0 heterocycles. The lowest BCUT2D eigenvalue weighted by Gasteiger charge is -2.22. The van der Waals surface area contributed by atoms with Crippen LogP contribution in [0.1, 0.15) is 17.5 Å². The summed E-state index contributed by atoms with van der Waals surface area (Å²) in [7, 11) is 1.57. The van der Waals surface area contributed by atoms with Crippen molar-refractivity contribution in [3.8, 4) is 11.5 Å². The van der Waals surface area contributed by atoms with Gasteiger partial charge in [-0.2, -0.15) is 0 Å². The van der Waals surface area contributed by atoms with Crippen LogP contribution in [0.15, 0.2) is 12.1 Å². The molecule has 76 valence electrons. The van der Waals surface area contributed by atoms with E-state index >= 15 is 0 Å². The molecule has 0 spiro atoms. The Hall–Kier alpha value is -1.22. The molecule has 1 aliphatic rings. The summed E-state index contributed by atoms with van der Waals surface area (Å²) in [5.74, 6) is 0.844. The van der Waals surface area contributed by atoms with Crippen LogP contribution >= 0.6 is 0 Å². The first kappa shape index (κ1) is 9.34. The quantitative estimate of drug-likeness (QED) is 0.705. The van der Waals surface area contributed by atoms with E-state index in [0.717, 1.165) is 30.4 Å². The first-order chi connectivity index (χ1) is 6.72. The van der Waals surface area contributed by atoms with E-state index < -0.39 is 0 Å². The fraction of sp³-hybridized carbons (Fsp3) is 0.455. The second-order valence-electron chi connectivity index (χ2n) is 3.76. The molecule has 1 aliphatic carbocycles. The zero-order valence-electron chi connectivity index (χ0n) is 8.29. The Labute approximate surface area is 83.5 Å². The Morgan fingerprint density at radius 1 is 1.50 bits per heavy atom. The highest BCUT2D eigenvalue weighted by molar-refractivity contribution is 5.51. The van der Waals surface area contributed by atoms with E-state index in [2.05, 4.69) is 0 Å². The van der Waals surface area contributed by atoms with Crippen LogP contribution in [0.25, 0.3) is 0 Å². The molecular formula is C11H15NO2. The number of phenolic OH excluding ortho intramolecular Hbond substituents is 1. The van der Waals surface area contributed by atoms with Gasteiger partial charge in [0.1, 0.15) is 0 Å². The van der Waals surface area contributed by atoms with Crippen LogP contribution in [-0.2, 0) is 12.8 Å². The molecule has 0 radical (unpaired) electrons. The highest BCUT2D eigenvalue weighted by Crippen LogP contribution is 2.35. The number of phenols is 1. The van der Waals surface area contributed by atoms with Gasteiger partial charge in [0, 0.05) is 11.6 Å². The number of nitrogens with two attached hydrogens (primary N) is 1. The fourth-order valence-electron chi connectivity index (χ4n) is 2.01. The van der Waals surface area contributed by atoms with Crippen LogP contribution < -0.4 is 10.5 Å². The molecule has 0 saturated carbocycles. The third-order valence-corrected chi connectivity index (χ3v) is 2.81. The maximum Gasteiger partial charge on any atom is 0.161 e. The van der Waals surface area contributed by atoms with Gasteiger partial charge in [-0.25, -0.2) is 0 Å². The standard InChI is InChI=1S/C11H15NO2/c1-14-10-5-2-7-6-8(12)3-4-9(7)11(10)13/h2,5,8,13H,3-4,6,12H2,1H3/t8-/m0/s1. The van der Waals surface area contributed by atoms with Crippen molar-refractivity contribution in [2.45, 2.75) is 25.3 Å². The van der Waals surface area contributed by atoms with Crippen LogP contribution in [-0.4, -0.2) is 18.3 Å². The van der Waals surface area contributed by atoms with Gasteiger partial charge in [0.15, 0.2) is 11.5 Å². The van der Waals surface area contributed by atoms with Crippen molar-refractivity contribution in [2.75, 3.05) is 7.11 Å². The predicted molar refractivity (Wildman–Crippen MR) is 54.7 cm³/mol. The SMILES string of the molecule is COc1ccc2c(c1O)CC[C@H](N)C2. The zero-order chi connectivity index (χ0) is 10.1. The summed E-state index contributed by atoms with van der Waals surface area (Å²) < 4.78 is 5.06. The Bertz CT molecular complexity index is 349. The molecule has 3 heteroatoms. The van der Waals surface area contributed by atoms with Crippen LogP contribution in [0, 0.1) is 0 Å². The van der Waals surface area contributed by atoms with E-state index in [0.29, 0.717) is 5.75 Å². The number of benzene rings is 1. The van der Waals surface area contributed by atoms with Crippen molar-refractivity contribution in [2.24, 2.45) is 5.73 Å². The monoisotopic (exact) mass is 193 g/mol. The summed E-state index contributed by atoms with van der Waals surface area (Å²) in [6.45, 7) is 0. The number of fused-ring (bicyclic) bond motifs is 1. The Balaban J connectivity index is 2.43. The molecule has 3 nitrogen and oxygen atoms in total. The van der Waals surface area contributed by atoms with Crippen molar-refractivity contribution < 1.29 is 9.84 Å². The average molecular weight is 193 g/mol. The van der Waals surface area contributed by atoms with Crippen molar-refractivity contribution >= 4 is 0 Å². The van der Waals surface area contributed by atoms with Crippen LogP contribution in [0.2, 0.25) is 0 Å². The first-order valence-corrected chi connectivity index (χ1v) is 4.85. The van der Waals surface area contributed by atoms with E-state index in [-0.39, 0.29) is 11.8 Å². The summed E-state index contributed by atoms with van der Waals surface area (Å²) in [4.78, 5) is 0. The fourth-order valence-corrected chi connectivity index (χ4v) is 2.01. The molecule has 0 aliphatic heterocycles. The Morgan fingerprint density at radius 2 is 2.29 bits per heavy atom. The Morgan fingerprint density at radius 3 is 3.00 bits per heavy atom. The molecule has 0 amide bonds. The molecule has 2 rings (SSSR count). The number of aromatic hydroxyl groups is 1. The van der Waals surface area contributed by atoms with Crippen LogP contribution in [0.3, 0.4) is 0 Å². The lowest BCUT2D eigenvalue weighted by molar-refractivity contribution is 0.367. The molecule has 0 fully saturated rings. The van der Waals surface area contributed by atoms with E-state index in [1.807, 2.05) is 6.07 Å². The van der Waals surface area contributed by atoms with Gasteiger partial charge >= 0.3 is 0 Å². The molecule has 0 aromatic heterocycles. The topological polar surface area (TPSA) is 55.5 Å². The minimum atomic E-state index is 0.232. The first-order valence-electron chi connectivity index (χ1n) is 4.85. The molecule has 0 saturated heterocycles. The van der Waals surface area contributed by atoms with Gasteiger partial charge in [-0.15, -0.1) is 0 Å². The van der Waals surface area contributed by atoms with Crippen LogP contribution in [0.5, 0.6) is 11.5 Å². The molecule has 0 bridgehead atoms. The second kappa shape index (κ2) is 3.50. The van der Waals surface area contributed by atoms with Gasteiger partial charge in [0.05, 0.1) is 7.11 Å². The lowest BCUT2D eigenvalue weighted by atomic mass is 9.88. The average Bonchev–Trinajstić information content (AvgIpc) is 2.18. The lowest BCUT2D eigenvalue weighted by Crippen LogP contribution is -2.27. The third kappa shape index (κ3) is 1.44. The number of hydrogen-bond donors (Lipinski definition) is 2. The third-order valence-electron chi connectivity index (χ3n) is 2.81. The maximum absolute atomic E-state index is 9.86. The summed E-state index contributed by atoms with van der Waals surface area (Å²) in [6, 6.07) is 4.02. The van der Waals surface area contributed by atoms with Gasteiger partial charge in [-0.05, 0) is 30.9 Å². The second-order valence-corrected chi connectivity index (χ2v) is 3.76. The molecule has 3 N–H and O–H groups in total. The van der Waals surface area contributed by atoms with Gasteiger partial charge in [0.25, 0.3) is 0 Å². The van der Waals surface area contributed by atoms with Crippen molar-refractivity contribution in [1.29, 1.82) is 0 Å². The minimum absolute atomic E-state index is 0.232. The summed E-state index contributed by atoms with van der Waals surface area (Å²) >= 11 is 0. The number of hydrogen-bond acceptors (Lipinski definition) is 3. The molecule has 1 atom stereocenters. The van der Waals surface area contributed by atoms with Gasteiger partial charge in [0.2, 0.25) is 0 Å². The van der Waals surface area contributed by atoms with Gasteiger partial charge in [-0.1, -0.05) is 6.07 Å². The highest BCUT2D eigenvalue weighted by Gasteiger charge is 2.20. The van der Waals surface area contributed by atoms with Gasteiger partial charge < -0.3 is 15.6 Å². The maximum atomic E-state index is 9.86. The van der Waals surface area contributed by atoms with E-state index in [4.69, 9.17) is 10.5 Å². The summed E-state index contributed by atoms with van der Waals surface area (Å²) in [5.41, 5.74) is 8.02. The normalized spacial score (nSPS) is 20.3. The van der Waals surface area contributed by atoms with E-state index in [1.165, 1.54) is 0 Å². The summed E-state index contributed by atoms with van der Waals surface area (Å²) in [5, 5.41) is 9.86. The number of methoxy groups -OCH3 is 1. The van der Waals surface area contributed by atoms with Crippen molar-refractivity contribution in [3.05, 3.63) is 23.3 Å². The van der Waals surface area contributed by atoms with E-state index in [9.17, 15) is 5.11 Å². The Kier molecular flexibility index (Phi) is 2.33. The summed E-state index contributed by atoms with van der Waals surface area (Å²) in [6.07, 6.45) is 2.64. The number of ether oxygens (including phenoxy) is 1. The predicted octanol–water partition coefficient (Wildman–Crippen LogP) is 1.22. The van der Waals surface area contributed by atoms with E-state index in [1.54, 1.807) is 13.2 Å². The minimum Gasteiger partial charge on any atom is -0.504 e. The van der Waals surface area contributed by atoms with Crippen LogP contribution in [0.4, 0.5) is 0 Å². The number of rotatable bonds is 1. The van der Waals surface area contributed by atoms with Crippen molar-refractivity contribution in [1.82, 2.24) is 0 Å². The molecular weight excluding hydrogens is 178 g/mol. The van der Waals surface area contributed by atoms with Gasteiger partial charge in [-0.3, -0.25) is 0 Å². The molecule has 1 aromatic rings. The molecule has 14 heavy (non-hydrogen) atoms. The molecule has 1 aromatic carbocycles. The smallest absolute Gasteiger partial charge is 0.161 e.